The molecule has 0 saturated heterocycles. The van der Waals surface area contributed by atoms with Gasteiger partial charge in [0.2, 0.25) is 5.91 Å². The molecule has 4 heteroatoms. The molecule has 2 aromatic carbocycles. The van der Waals surface area contributed by atoms with Gasteiger partial charge < -0.3 is 5.32 Å². The lowest BCUT2D eigenvalue weighted by Gasteiger charge is -2.05. The highest BCUT2D eigenvalue weighted by Gasteiger charge is 2.11. The summed E-state index contributed by atoms with van der Waals surface area (Å²) in [5.74, 6) is -0.500. The number of ketones is 1. The van der Waals surface area contributed by atoms with Crippen molar-refractivity contribution in [2.45, 2.75) is 6.42 Å². The van der Waals surface area contributed by atoms with Crippen LogP contribution in [0.2, 0.25) is 0 Å². The summed E-state index contributed by atoms with van der Waals surface area (Å²) < 4.78 is 0.875. The summed E-state index contributed by atoms with van der Waals surface area (Å²) in [7, 11) is 0. The third-order valence-corrected chi connectivity index (χ3v) is 3.02. The molecule has 0 spiro atoms. The molecule has 96 valence electrons. The zero-order valence-electron chi connectivity index (χ0n) is 10.1. The van der Waals surface area contributed by atoms with Crippen molar-refractivity contribution >= 4 is 33.3 Å². The highest BCUT2D eigenvalue weighted by Crippen LogP contribution is 2.16. The van der Waals surface area contributed by atoms with E-state index in [2.05, 4.69) is 21.2 Å². The number of halogens is 1. The minimum Gasteiger partial charge on any atom is -0.326 e. The molecule has 0 aliphatic carbocycles. The Kier molecular flexibility index (Phi) is 4.47. The van der Waals surface area contributed by atoms with Crippen molar-refractivity contribution in [2.75, 3.05) is 5.32 Å². The van der Waals surface area contributed by atoms with Crippen LogP contribution in [0.25, 0.3) is 0 Å². The van der Waals surface area contributed by atoms with Gasteiger partial charge in [-0.05, 0) is 18.2 Å². The highest BCUT2D eigenvalue weighted by molar-refractivity contribution is 9.10. The molecule has 0 aromatic heterocycles. The molecule has 0 aliphatic heterocycles. The molecule has 0 fully saturated rings. The van der Waals surface area contributed by atoms with E-state index in [9.17, 15) is 9.59 Å². The van der Waals surface area contributed by atoms with Crippen molar-refractivity contribution in [3.63, 3.8) is 0 Å². The van der Waals surface area contributed by atoms with Crippen LogP contribution in [0, 0.1) is 0 Å². The van der Waals surface area contributed by atoms with Crippen molar-refractivity contribution in [1.29, 1.82) is 0 Å². The molecule has 0 atom stereocenters. The van der Waals surface area contributed by atoms with Crippen LogP contribution in [0.4, 0.5) is 5.69 Å². The summed E-state index contributed by atoms with van der Waals surface area (Å²) >= 11 is 3.32. The lowest BCUT2D eigenvalue weighted by Crippen LogP contribution is -2.16. The van der Waals surface area contributed by atoms with Gasteiger partial charge >= 0.3 is 0 Å². The molecule has 1 amide bonds. The third kappa shape index (κ3) is 4.03. The van der Waals surface area contributed by atoms with Gasteiger partial charge in [-0.2, -0.15) is 0 Å². The number of benzene rings is 2. The Balaban J connectivity index is 1.97. The van der Waals surface area contributed by atoms with Crippen molar-refractivity contribution in [3.05, 3.63) is 64.6 Å². The average Bonchev–Trinajstić information content (AvgIpc) is 2.39. The Morgan fingerprint density at radius 1 is 1.00 bits per heavy atom. The molecule has 0 aliphatic rings. The summed E-state index contributed by atoms with van der Waals surface area (Å²) in [6.45, 7) is 0. The molecule has 19 heavy (non-hydrogen) atoms. The number of carbonyl (C=O) groups excluding carboxylic acids is 2. The minimum atomic E-state index is -0.313. The van der Waals surface area contributed by atoms with Crippen LogP contribution in [0.15, 0.2) is 59.1 Å². The van der Waals surface area contributed by atoms with Gasteiger partial charge in [0, 0.05) is 15.7 Å². The van der Waals surface area contributed by atoms with Gasteiger partial charge in [0.1, 0.15) is 0 Å². The Bertz CT molecular complexity index is 596. The topological polar surface area (TPSA) is 46.2 Å². The SMILES string of the molecule is O=C(CC(=O)c1ccccc1)Nc1cccc(Br)c1. The van der Waals surface area contributed by atoms with Crippen LogP contribution in [0.1, 0.15) is 16.8 Å². The molecule has 0 radical (unpaired) electrons. The van der Waals surface area contributed by atoms with Gasteiger partial charge in [-0.1, -0.05) is 52.3 Å². The first-order valence-corrected chi connectivity index (χ1v) is 6.58. The van der Waals surface area contributed by atoms with E-state index >= 15 is 0 Å². The summed E-state index contributed by atoms with van der Waals surface area (Å²) in [5, 5.41) is 2.69. The van der Waals surface area contributed by atoms with Crippen LogP contribution in [-0.2, 0) is 4.79 Å². The smallest absolute Gasteiger partial charge is 0.232 e. The van der Waals surface area contributed by atoms with Crippen molar-refractivity contribution < 1.29 is 9.59 Å². The maximum atomic E-state index is 11.8. The summed E-state index contributed by atoms with van der Waals surface area (Å²) in [6.07, 6.45) is -0.156. The van der Waals surface area contributed by atoms with Gasteiger partial charge in [-0.25, -0.2) is 0 Å². The fraction of sp³-hybridized carbons (Fsp3) is 0.0667. The standard InChI is InChI=1S/C15H12BrNO2/c16-12-7-4-8-13(9-12)17-15(19)10-14(18)11-5-2-1-3-6-11/h1-9H,10H2,(H,17,19). The molecule has 1 N–H and O–H groups in total. The molecular weight excluding hydrogens is 306 g/mol. The number of rotatable bonds is 4. The predicted octanol–water partition coefficient (Wildman–Crippen LogP) is 3.66. The maximum Gasteiger partial charge on any atom is 0.232 e. The predicted molar refractivity (Wildman–Crippen MR) is 78.2 cm³/mol. The normalized spacial score (nSPS) is 9.95. The first-order valence-electron chi connectivity index (χ1n) is 5.79. The quantitative estimate of drug-likeness (QED) is 0.691. The number of hydrogen-bond acceptors (Lipinski definition) is 2. The van der Waals surface area contributed by atoms with Gasteiger partial charge in [0.05, 0.1) is 6.42 Å². The first-order chi connectivity index (χ1) is 9.15. The van der Waals surface area contributed by atoms with Crippen LogP contribution < -0.4 is 5.32 Å². The van der Waals surface area contributed by atoms with Gasteiger partial charge in [-0.15, -0.1) is 0 Å². The molecule has 2 rings (SSSR count). The monoisotopic (exact) mass is 317 g/mol. The molecular formula is C15H12BrNO2. The van der Waals surface area contributed by atoms with E-state index in [1.807, 2.05) is 18.2 Å². The highest BCUT2D eigenvalue weighted by atomic mass is 79.9. The Labute approximate surface area is 119 Å². The van der Waals surface area contributed by atoms with Crippen LogP contribution >= 0.6 is 15.9 Å². The fourth-order valence-electron chi connectivity index (χ4n) is 1.64. The molecule has 3 nitrogen and oxygen atoms in total. The van der Waals surface area contributed by atoms with E-state index in [1.165, 1.54) is 0 Å². The molecule has 0 saturated carbocycles. The zero-order valence-corrected chi connectivity index (χ0v) is 11.7. The van der Waals surface area contributed by atoms with E-state index in [1.54, 1.807) is 36.4 Å². The van der Waals surface area contributed by atoms with Crippen molar-refractivity contribution in [2.24, 2.45) is 0 Å². The first kappa shape index (κ1) is 13.5. The van der Waals surface area contributed by atoms with Crippen LogP contribution in [-0.4, -0.2) is 11.7 Å². The summed E-state index contributed by atoms with van der Waals surface area (Å²) in [6, 6.07) is 16.0. The second kappa shape index (κ2) is 6.29. The van der Waals surface area contributed by atoms with Gasteiger partial charge in [0.25, 0.3) is 0 Å². The second-order valence-electron chi connectivity index (χ2n) is 4.02. The van der Waals surface area contributed by atoms with E-state index in [-0.39, 0.29) is 18.1 Å². The van der Waals surface area contributed by atoms with E-state index in [0.29, 0.717) is 11.3 Å². The number of hydrogen-bond donors (Lipinski definition) is 1. The van der Waals surface area contributed by atoms with E-state index in [0.717, 1.165) is 4.47 Å². The Morgan fingerprint density at radius 2 is 1.74 bits per heavy atom. The summed E-state index contributed by atoms with van der Waals surface area (Å²) in [5.41, 5.74) is 1.21. The van der Waals surface area contributed by atoms with Crippen molar-refractivity contribution in [1.82, 2.24) is 0 Å². The summed E-state index contributed by atoms with van der Waals surface area (Å²) in [4.78, 5) is 23.6. The van der Waals surface area contributed by atoms with Gasteiger partial charge in [-0.3, -0.25) is 9.59 Å². The molecule has 0 unspecified atom stereocenters. The third-order valence-electron chi connectivity index (χ3n) is 2.53. The number of anilines is 1. The minimum absolute atomic E-state index is 0.156. The lowest BCUT2D eigenvalue weighted by atomic mass is 10.1. The maximum absolute atomic E-state index is 11.8. The molecule has 0 heterocycles. The number of carbonyl (C=O) groups is 2. The van der Waals surface area contributed by atoms with Crippen LogP contribution in [0.3, 0.4) is 0 Å². The average molecular weight is 318 g/mol. The number of amides is 1. The van der Waals surface area contributed by atoms with E-state index in [4.69, 9.17) is 0 Å². The number of Topliss-reactive ketones (excluding diaryl/α,β-unsaturated/α-hetero) is 1. The Hall–Kier alpha value is -1.94. The molecule has 2 aromatic rings. The van der Waals surface area contributed by atoms with Crippen LogP contribution in [0.5, 0.6) is 0 Å². The second-order valence-corrected chi connectivity index (χ2v) is 4.94. The lowest BCUT2D eigenvalue weighted by molar-refractivity contribution is -0.115. The van der Waals surface area contributed by atoms with Crippen molar-refractivity contribution in [3.8, 4) is 0 Å². The fourth-order valence-corrected chi connectivity index (χ4v) is 2.04. The van der Waals surface area contributed by atoms with E-state index < -0.39 is 0 Å². The Morgan fingerprint density at radius 3 is 2.42 bits per heavy atom. The largest absolute Gasteiger partial charge is 0.326 e. The van der Waals surface area contributed by atoms with Gasteiger partial charge in [0.15, 0.2) is 5.78 Å². The zero-order chi connectivity index (χ0) is 13.7. The number of nitrogens with one attached hydrogen (secondary N) is 1. The molecule has 0 bridgehead atoms.